The van der Waals surface area contributed by atoms with Crippen molar-refractivity contribution in [1.82, 2.24) is 10.2 Å². The van der Waals surface area contributed by atoms with Crippen LogP contribution in [0.4, 0.5) is 0 Å². The van der Waals surface area contributed by atoms with Gasteiger partial charge in [-0.05, 0) is 25.3 Å². The first kappa shape index (κ1) is 9.96. The number of piperidine rings is 1. The van der Waals surface area contributed by atoms with E-state index in [1.165, 1.54) is 0 Å². The zero-order valence-electron chi connectivity index (χ0n) is 7.79. The van der Waals surface area contributed by atoms with Crippen LogP contribution in [0, 0.1) is 12.6 Å². The van der Waals surface area contributed by atoms with Gasteiger partial charge in [-0.15, -0.1) is 0 Å². The van der Waals surface area contributed by atoms with Crippen molar-refractivity contribution in [1.29, 1.82) is 0 Å². The molecule has 0 aromatic heterocycles. The summed E-state index contributed by atoms with van der Waals surface area (Å²) in [5.41, 5.74) is 0. The van der Waals surface area contributed by atoms with Crippen LogP contribution in [0.3, 0.4) is 0 Å². The predicted molar refractivity (Wildman–Crippen MR) is 49.4 cm³/mol. The Morgan fingerprint density at radius 1 is 1.50 bits per heavy atom. The number of aliphatic hydroxyl groups is 1. The fraction of sp³-hybridized carbons (Fsp3) is 0.889. The van der Waals surface area contributed by atoms with Crippen LogP contribution in [0.2, 0.25) is 0 Å². The van der Waals surface area contributed by atoms with Gasteiger partial charge in [0.1, 0.15) is 0 Å². The van der Waals surface area contributed by atoms with Gasteiger partial charge in [0.05, 0.1) is 6.67 Å². The summed E-state index contributed by atoms with van der Waals surface area (Å²) < 4.78 is 0. The summed E-state index contributed by atoms with van der Waals surface area (Å²) in [6.07, 6.45) is 2.25. The largest absolute Gasteiger partial charge is 0.396 e. The van der Waals surface area contributed by atoms with Crippen LogP contribution in [0.25, 0.3) is 0 Å². The van der Waals surface area contributed by atoms with Crippen LogP contribution in [0.5, 0.6) is 0 Å². The molecule has 2 N–H and O–H groups in total. The first-order chi connectivity index (χ1) is 5.86. The Kier molecular flexibility index (Phi) is 4.58. The van der Waals surface area contributed by atoms with E-state index in [0.29, 0.717) is 12.5 Å². The second-order valence-corrected chi connectivity index (χ2v) is 3.35. The van der Waals surface area contributed by atoms with E-state index >= 15 is 0 Å². The molecule has 0 aliphatic carbocycles. The van der Waals surface area contributed by atoms with Gasteiger partial charge in [0.2, 0.25) is 0 Å². The molecular weight excluding hydrogens is 152 g/mol. The maximum Gasteiger partial charge on any atom is 0.0893 e. The maximum atomic E-state index is 8.91. The Morgan fingerprint density at radius 2 is 2.17 bits per heavy atom. The van der Waals surface area contributed by atoms with E-state index in [1.807, 2.05) is 0 Å². The molecule has 0 unspecified atom stereocenters. The van der Waals surface area contributed by atoms with Crippen molar-refractivity contribution < 1.29 is 5.11 Å². The van der Waals surface area contributed by atoms with E-state index in [0.717, 1.165) is 32.5 Å². The highest BCUT2D eigenvalue weighted by molar-refractivity contribution is 4.75. The van der Waals surface area contributed by atoms with E-state index in [9.17, 15) is 0 Å². The average Bonchev–Trinajstić information content (AvgIpc) is 2.15. The number of hydrogen-bond donors (Lipinski definition) is 2. The van der Waals surface area contributed by atoms with Crippen LogP contribution in [-0.4, -0.2) is 36.2 Å². The van der Waals surface area contributed by atoms with Crippen LogP contribution in [0.15, 0.2) is 0 Å². The molecule has 71 valence electrons. The number of likely N-dealkylation sites (tertiary alicyclic amines) is 1. The van der Waals surface area contributed by atoms with Gasteiger partial charge in [-0.2, -0.15) is 0 Å². The predicted octanol–water partition coefficient (Wildman–Crippen LogP) is 0.419. The Labute approximate surface area is 74.8 Å². The van der Waals surface area contributed by atoms with Gasteiger partial charge in [0.25, 0.3) is 0 Å². The first-order valence-electron chi connectivity index (χ1n) is 4.78. The Morgan fingerprint density at radius 3 is 2.67 bits per heavy atom. The smallest absolute Gasteiger partial charge is 0.0893 e. The van der Waals surface area contributed by atoms with Gasteiger partial charge in [-0.3, -0.25) is 10.2 Å². The zero-order chi connectivity index (χ0) is 8.81. The van der Waals surface area contributed by atoms with E-state index < -0.39 is 0 Å². The summed E-state index contributed by atoms with van der Waals surface area (Å²) in [6.45, 7) is 7.66. The van der Waals surface area contributed by atoms with Gasteiger partial charge in [0, 0.05) is 19.7 Å². The molecule has 1 fully saturated rings. The molecule has 3 heteroatoms. The van der Waals surface area contributed by atoms with Crippen molar-refractivity contribution in [3.63, 3.8) is 0 Å². The van der Waals surface area contributed by atoms with Gasteiger partial charge in [-0.1, -0.05) is 6.92 Å². The number of rotatable bonds is 4. The fourth-order valence-electron chi connectivity index (χ4n) is 1.48. The highest BCUT2D eigenvalue weighted by atomic mass is 16.3. The molecular formula is C9H19N2O. The molecule has 1 aliphatic heterocycles. The van der Waals surface area contributed by atoms with E-state index in [-0.39, 0.29) is 0 Å². The number of hydrogen-bond acceptors (Lipinski definition) is 3. The number of nitrogens with one attached hydrogen (secondary N) is 1. The summed E-state index contributed by atoms with van der Waals surface area (Å²) in [4.78, 5) is 2.29. The van der Waals surface area contributed by atoms with E-state index in [2.05, 4.69) is 23.8 Å². The minimum absolute atomic E-state index is 0.356. The highest BCUT2D eigenvalue weighted by Crippen LogP contribution is 2.16. The topological polar surface area (TPSA) is 35.5 Å². The number of aliphatic hydroxyl groups excluding tert-OH is 1. The Balaban J connectivity index is 2.09. The van der Waals surface area contributed by atoms with Gasteiger partial charge in [-0.25, -0.2) is 0 Å². The van der Waals surface area contributed by atoms with Crippen molar-refractivity contribution >= 4 is 0 Å². The third-order valence-corrected chi connectivity index (χ3v) is 2.39. The molecule has 1 radical (unpaired) electrons. The standard InChI is InChI=1S/C9H19N2O/c1-2-10-8-11-5-3-9(7-12)4-6-11/h8-10,12H,2-7H2,1H3. The molecule has 12 heavy (non-hydrogen) atoms. The SMILES string of the molecule is CCN[CH]N1CCC(CO)CC1. The molecule has 0 aromatic rings. The summed E-state index contributed by atoms with van der Waals surface area (Å²) in [5.74, 6) is 0.538. The summed E-state index contributed by atoms with van der Waals surface area (Å²) >= 11 is 0. The fourth-order valence-corrected chi connectivity index (χ4v) is 1.48. The lowest BCUT2D eigenvalue weighted by Gasteiger charge is -2.30. The van der Waals surface area contributed by atoms with Crippen molar-refractivity contribution in [2.75, 3.05) is 26.2 Å². The lowest BCUT2D eigenvalue weighted by atomic mass is 9.98. The maximum absolute atomic E-state index is 8.91. The minimum Gasteiger partial charge on any atom is -0.396 e. The molecule has 0 spiro atoms. The summed E-state index contributed by atoms with van der Waals surface area (Å²) in [7, 11) is 0. The Bertz CT molecular complexity index is 111. The second-order valence-electron chi connectivity index (χ2n) is 3.35. The molecule has 1 aliphatic rings. The molecule has 0 saturated carbocycles. The van der Waals surface area contributed by atoms with Crippen molar-refractivity contribution in [3.05, 3.63) is 6.67 Å². The molecule has 0 bridgehead atoms. The second kappa shape index (κ2) is 5.51. The van der Waals surface area contributed by atoms with Crippen LogP contribution in [0.1, 0.15) is 19.8 Å². The molecule has 0 atom stereocenters. The van der Waals surface area contributed by atoms with Crippen LogP contribution in [-0.2, 0) is 0 Å². The van der Waals surface area contributed by atoms with Crippen molar-refractivity contribution in [3.8, 4) is 0 Å². The van der Waals surface area contributed by atoms with E-state index in [4.69, 9.17) is 5.11 Å². The van der Waals surface area contributed by atoms with Crippen molar-refractivity contribution in [2.45, 2.75) is 19.8 Å². The quantitative estimate of drug-likeness (QED) is 0.643. The third-order valence-electron chi connectivity index (χ3n) is 2.39. The molecule has 3 nitrogen and oxygen atoms in total. The summed E-state index contributed by atoms with van der Waals surface area (Å²) in [5, 5.41) is 12.1. The lowest BCUT2D eigenvalue weighted by molar-refractivity contribution is 0.144. The van der Waals surface area contributed by atoms with Gasteiger partial charge >= 0.3 is 0 Å². The first-order valence-corrected chi connectivity index (χ1v) is 4.78. The average molecular weight is 171 g/mol. The minimum atomic E-state index is 0.356. The monoisotopic (exact) mass is 171 g/mol. The Hall–Kier alpha value is -0.120. The number of nitrogens with zero attached hydrogens (tertiary/aromatic N) is 1. The molecule has 0 aromatic carbocycles. The van der Waals surface area contributed by atoms with E-state index in [1.54, 1.807) is 0 Å². The van der Waals surface area contributed by atoms with Crippen LogP contribution < -0.4 is 5.32 Å². The van der Waals surface area contributed by atoms with Crippen LogP contribution >= 0.6 is 0 Å². The highest BCUT2D eigenvalue weighted by Gasteiger charge is 2.17. The van der Waals surface area contributed by atoms with Gasteiger partial charge < -0.3 is 5.11 Å². The normalized spacial score (nSPS) is 21.5. The molecule has 1 saturated heterocycles. The molecule has 1 rings (SSSR count). The zero-order valence-corrected chi connectivity index (χ0v) is 7.79. The summed E-state index contributed by atoms with van der Waals surface area (Å²) in [6, 6.07) is 0. The van der Waals surface area contributed by atoms with Gasteiger partial charge in [0.15, 0.2) is 0 Å². The molecule has 0 amide bonds. The lowest BCUT2D eigenvalue weighted by Crippen LogP contribution is -2.36. The van der Waals surface area contributed by atoms with Crippen molar-refractivity contribution in [2.24, 2.45) is 5.92 Å². The molecule has 1 heterocycles. The third kappa shape index (κ3) is 3.09.